The molecule has 3 atom stereocenters. The van der Waals surface area contributed by atoms with Crippen molar-refractivity contribution in [3.8, 4) is 11.5 Å². The highest BCUT2D eigenvalue weighted by atomic mass is 16.5. The maximum atomic E-state index is 6.76. The van der Waals surface area contributed by atoms with Crippen LogP contribution in [0.2, 0.25) is 0 Å². The molecule has 166 valence electrons. The molecule has 2 aliphatic rings. The van der Waals surface area contributed by atoms with Crippen LogP contribution in [0.15, 0.2) is 66.7 Å². The van der Waals surface area contributed by atoms with E-state index in [9.17, 15) is 0 Å². The number of benzene rings is 3. The van der Waals surface area contributed by atoms with Gasteiger partial charge in [0.25, 0.3) is 0 Å². The van der Waals surface area contributed by atoms with Gasteiger partial charge < -0.3 is 15.2 Å². The number of aryl methyl sites for hydroxylation is 1. The van der Waals surface area contributed by atoms with E-state index in [1.165, 1.54) is 22.3 Å². The van der Waals surface area contributed by atoms with Gasteiger partial charge in [-0.1, -0.05) is 60.2 Å². The lowest BCUT2D eigenvalue weighted by Crippen LogP contribution is -2.49. The minimum atomic E-state index is 0.143. The Balaban J connectivity index is 1.38. The van der Waals surface area contributed by atoms with Gasteiger partial charge in [-0.25, -0.2) is 0 Å². The monoisotopic (exact) mass is 428 g/mol. The van der Waals surface area contributed by atoms with Crippen LogP contribution in [-0.4, -0.2) is 31.1 Å². The fourth-order valence-electron chi connectivity index (χ4n) is 5.33. The molecule has 4 nitrogen and oxygen atoms in total. The second-order valence-electron chi connectivity index (χ2n) is 9.16. The summed E-state index contributed by atoms with van der Waals surface area (Å²) in [5.74, 6) is 2.00. The van der Waals surface area contributed by atoms with Gasteiger partial charge in [-0.3, -0.25) is 4.90 Å². The van der Waals surface area contributed by atoms with Crippen molar-refractivity contribution in [2.24, 2.45) is 5.73 Å². The minimum Gasteiger partial charge on any atom is -0.493 e. The van der Waals surface area contributed by atoms with Gasteiger partial charge in [0, 0.05) is 31.1 Å². The van der Waals surface area contributed by atoms with Crippen molar-refractivity contribution in [2.75, 3.05) is 20.2 Å². The Morgan fingerprint density at radius 2 is 1.84 bits per heavy atom. The van der Waals surface area contributed by atoms with Gasteiger partial charge in [0.05, 0.1) is 7.11 Å². The summed E-state index contributed by atoms with van der Waals surface area (Å²) in [6, 6.07) is 23.9. The zero-order valence-corrected chi connectivity index (χ0v) is 19.0. The Morgan fingerprint density at radius 1 is 1.00 bits per heavy atom. The maximum Gasteiger partial charge on any atom is 0.161 e. The van der Waals surface area contributed by atoms with Crippen LogP contribution in [0, 0.1) is 6.92 Å². The molecule has 3 aromatic rings. The van der Waals surface area contributed by atoms with E-state index < -0.39 is 0 Å². The van der Waals surface area contributed by atoms with Crippen LogP contribution in [0.3, 0.4) is 0 Å². The number of hydrogen-bond acceptors (Lipinski definition) is 4. The van der Waals surface area contributed by atoms with Gasteiger partial charge in [0.1, 0.15) is 6.61 Å². The van der Waals surface area contributed by atoms with Gasteiger partial charge >= 0.3 is 0 Å². The molecule has 32 heavy (non-hydrogen) atoms. The standard InChI is InChI=1S/C28H32N2O2/c1-19-7-6-10-21(13-19)24-17-30-12-11-22-14-28(32-18-20-8-4-3-5-9-20)27(31-2)15-23(22)26(30)16-25(24)29/h3-10,13-15,24-26H,11-12,16-18,29H2,1-2H3/t24-,25-,26+/m0/s1. The normalized spacial score (nSPS) is 22.7. The Labute approximate surface area is 191 Å². The minimum absolute atomic E-state index is 0.143. The molecule has 0 spiro atoms. The first-order valence-corrected chi connectivity index (χ1v) is 11.6. The van der Waals surface area contributed by atoms with E-state index in [-0.39, 0.29) is 6.04 Å². The second kappa shape index (κ2) is 8.97. The van der Waals surface area contributed by atoms with Crippen LogP contribution >= 0.6 is 0 Å². The van der Waals surface area contributed by atoms with Crippen molar-refractivity contribution in [3.63, 3.8) is 0 Å². The highest BCUT2D eigenvalue weighted by molar-refractivity contribution is 5.50. The Morgan fingerprint density at radius 3 is 2.62 bits per heavy atom. The van der Waals surface area contributed by atoms with Crippen molar-refractivity contribution in [3.05, 3.63) is 94.5 Å². The van der Waals surface area contributed by atoms with Crippen LogP contribution in [0.1, 0.15) is 46.2 Å². The fourth-order valence-corrected chi connectivity index (χ4v) is 5.33. The van der Waals surface area contributed by atoms with Crippen molar-refractivity contribution in [1.29, 1.82) is 0 Å². The van der Waals surface area contributed by atoms with Gasteiger partial charge in [0.15, 0.2) is 11.5 Å². The molecule has 3 aromatic carbocycles. The summed E-state index contributed by atoms with van der Waals surface area (Å²) in [5.41, 5.74) is 13.3. The number of hydrogen-bond donors (Lipinski definition) is 1. The first-order chi connectivity index (χ1) is 15.6. The summed E-state index contributed by atoms with van der Waals surface area (Å²) >= 11 is 0. The van der Waals surface area contributed by atoms with Crippen LogP contribution in [0.5, 0.6) is 11.5 Å². The van der Waals surface area contributed by atoms with Crippen molar-refractivity contribution < 1.29 is 9.47 Å². The summed E-state index contributed by atoms with van der Waals surface area (Å²) in [7, 11) is 1.72. The summed E-state index contributed by atoms with van der Waals surface area (Å²) < 4.78 is 11.9. The summed E-state index contributed by atoms with van der Waals surface area (Å²) in [4.78, 5) is 2.61. The molecular weight excluding hydrogens is 396 g/mol. The average molecular weight is 429 g/mol. The van der Waals surface area contributed by atoms with Gasteiger partial charge in [-0.05, 0) is 54.2 Å². The molecule has 1 saturated heterocycles. The van der Waals surface area contributed by atoms with E-state index in [1.807, 2.05) is 18.2 Å². The molecular formula is C28H32N2O2. The topological polar surface area (TPSA) is 47.7 Å². The SMILES string of the molecule is COc1cc2c(cc1OCc1ccccc1)CCN1C[C@@H](c3cccc(C)c3)[C@@H](N)C[C@H]21. The lowest BCUT2D eigenvalue weighted by atomic mass is 9.78. The predicted molar refractivity (Wildman–Crippen MR) is 128 cm³/mol. The van der Waals surface area contributed by atoms with Gasteiger partial charge in [-0.2, -0.15) is 0 Å². The number of fused-ring (bicyclic) bond motifs is 3. The molecule has 0 bridgehead atoms. The molecule has 2 N–H and O–H groups in total. The zero-order chi connectivity index (χ0) is 22.1. The Hall–Kier alpha value is -2.82. The summed E-state index contributed by atoms with van der Waals surface area (Å²) in [6.45, 7) is 4.75. The number of ether oxygens (including phenoxy) is 2. The van der Waals surface area contributed by atoms with E-state index in [0.29, 0.717) is 18.6 Å². The molecule has 5 rings (SSSR count). The third kappa shape index (κ3) is 4.13. The summed E-state index contributed by atoms with van der Waals surface area (Å²) in [6.07, 6.45) is 1.98. The molecule has 1 fully saturated rings. The van der Waals surface area contributed by atoms with Crippen molar-refractivity contribution in [1.82, 2.24) is 4.90 Å². The number of nitrogens with two attached hydrogens (primary N) is 1. The first kappa shape index (κ1) is 21.0. The molecule has 2 aliphatic heterocycles. The van der Waals surface area contributed by atoms with E-state index >= 15 is 0 Å². The van der Waals surface area contributed by atoms with Crippen molar-refractivity contribution in [2.45, 2.75) is 44.4 Å². The van der Waals surface area contributed by atoms with Gasteiger partial charge in [-0.15, -0.1) is 0 Å². The first-order valence-electron chi connectivity index (χ1n) is 11.6. The molecule has 0 radical (unpaired) electrons. The molecule has 0 unspecified atom stereocenters. The van der Waals surface area contributed by atoms with Crippen molar-refractivity contribution >= 4 is 0 Å². The molecule has 0 amide bonds. The largest absolute Gasteiger partial charge is 0.493 e. The van der Waals surface area contributed by atoms with E-state index in [0.717, 1.165) is 43.0 Å². The average Bonchev–Trinajstić information content (AvgIpc) is 2.82. The van der Waals surface area contributed by atoms with E-state index in [4.69, 9.17) is 15.2 Å². The maximum absolute atomic E-state index is 6.76. The van der Waals surface area contributed by atoms with Crippen LogP contribution in [0.4, 0.5) is 0 Å². The number of rotatable bonds is 5. The molecule has 0 aromatic heterocycles. The van der Waals surface area contributed by atoms with Crippen LogP contribution in [-0.2, 0) is 13.0 Å². The smallest absolute Gasteiger partial charge is 0.161 e. The molecule has 2 heterocycles. The third-order valence-corrected chi connectivity index (χ3v) is 7.04. The Bertz CT molecular complexity index is 1080. The molecule has 4 heteroatoms. The number of methoxy groups -OCH3 is 1. The van der Waals surface area contributed by atoms with Crippen LogP contribution in [0.25, 0.3) is 0 Å². The fraction of sp³-hybridized carbons (Fsp3) is 0.357. The highest BCUT2D eigenvalue weighted by Gasteiger charge is 2.38. The second-order valence-corrected chi connectivity index (χ2v) is 9.16. The number of piperidine rings is 1. The third-order valence-electron chi connectivity index (χ3n) is 7.04. The highest BCUT2D eigenvalue weighted by Crippen LogP contribution is 2.44. The lowest BCUT2D eigenvalue weighted by molar-refractivity contribution is 0.109. The van der Waals surface area contributed by atoms with E-state index in [2.05, 4.69) is 60.4 Å². The van der Waals surface area contributed by atoms with E-state index in [1.54, 1.807) is 7.11 Å². The molecule has 0 aliphatic carbocycles. The Kier molecular flexibility index (Phi) is 5.90. The molecule has 0 saturated carbocycles. The van der Waals surface area contributed by atoms with Crippen LogP contribution < -0.4 is 15.2 Å². The predicted octanol–water partition coefficient (Wildman–Crippen LogP) is 5.00. The zero-order valence-electron chi connectivity index (χ0n) is 19.0. The quantitative estimate of drug-likeness (QED) is 0.622. The number of nitrogens with zero attached hydrogens (tertiary/aromatic N) is 1. The lowest BCUT2D eigenvalue weighted by Gasteiger charge is -2.46. The summed E-state index contributed by atoms with van der Waals surface area (Å²) in [5, 5.41) is 0. The van der Waals surface area contributed by atoms with Gasteiger partial charge in [0.2, 0.25) is 0 Å².